The molecule has 0 amide bonds. The van der Waals surface area contributed by atoms with Crippen molar-refractivity contribution in [2.75, 3.05) is 0 Å². The Morgan fingerprint density at radius 2 is 1.55 bits per heavy atom. The Labute approximate surface area is 149 Å². The summed E-state index contributed by atoms with van der Waals surface area (Å²) < 4.78 is 25.5. The molecule has 0 fully saturated rings. The van der Waals surface area contributed by atoms with E-state index < -0.39 is 9.84 Å². The molecule has 0 aliphatic heterocycles. The van der Waals surface area contributed by atoms with Crippen LogP contribution in [-0.2, 0) is 9.84 Å². The van der Waals surface area contributed by atoms with Crippen molar-refractivity contribution in [3.8, 4) is 0 Å². The van der Waals surface area contributed by atoms with Crippen molar-refractivity contribution in [1.82, 2.24) is 0 Å². The third kappa shape index (κ3) is 7.77. The smallest absolute Gasteiger partial charge is 0.200 e. The lowest BCUT2D eigenvalue weighted by molar-refractivity contribution is 0.591. The number of aryl methyl sites for hydroxylation is 1. The van der Waals surface area contributed by atoms with Gasteiger partial charge in [-0.2, -0.15) is 0 Å². The highest BCUT2D eigenvalue weighted by molar-refractivity contribution is 14.1. The lowest BCUT2D eigenvalue weighted by Gasteiger charge is -2.03. The molecule has 1 aromatic carbocycles. The summed E-state index contributed by atoms with van der Waals surface area (Å²) >= 11 is 2.16. The first-order valence-electron chi connectivity index (χ1n) is 8.13. The molecule has 0 radical (unpaired) electrons. The van der Waals surface area contributed by atoms with Crippen molar-refractivity contribution in [3.05, 3.63) is 38.8 Å². The van der Waals surface area contributed by atoms with Gasteiger partial charge in [-0.1, -0.05) is 63.1 Å². The fraction of sp³-hybridized carbons (Fsp3) is 0.556. The van der Waals surface area contributed by atoms with Gasteiger partial charge in [-0.3, -0.25) is 0 Å². The van der Waals surface area contributed by atoms with Crippen LogP contribution in [0.3, 0.4) is 0 Å². The maximum absolute atomic E-state index is 12.3. The van der Waals surface area contributed by atoms with Crippen LogP contribution in [0.25, 0.3) is 0 Å². The molecular weight excluding hydrogens is 407 g/mol. The van der Waals surface area contributed by atoms with E-state index in [-0.39, 0.29) is 0 Å². The van der Waals surface area contributed by atoms with E-state index in [9.17, 15) is 8.42 Å². The van der Waals surface area contributed by atoms with Gasteiger partial charge in [0, 0.05) is 8.99 Å². The molecule has 22 heavy (non-hydrogen) atoms. The molecule has 0 heterocycles. The quantitative estimate of drug-likeness (QED) is 0.325. The average molecular weight is 434 g/mol. The van der Waals surface area contributed by atoms with Crippen molar-refractivity contribution in [3.63, 3.8) is 0 Å². The van der Waals surface area contributed by atoms with Crippen molar-refractivity contribution < 1.29 is 8.42 Å². The minimum Gasteiger partial charge on any atom is -0.219 e. The van der Waals surface area contributed by atoms with Crippen molar-refractivity contribution in [2.45, 2.75) is 70.1 Å². The molecule has 0 unspecified atom stereocenters. The summed E-state index contributed by atoms with van der Waals surface area (Å²) in [5, 5.41) is 1.43. The van der Waals surface area contributed by atoms with Crippen molar-refractivity contribution >= 4 is 32.4 Å². The molecule has 1 rings (SSSR count). The van der Waals surface area contributed by atoms with Crippen LogP contribution < -0.4 is 0 Å². The Balaban J connectivity index is 2.42. The van der Waals surface area contributed by atoms with Gasteiger partial charge in [0.1, 0.15) is 0 Å². The van der Waals surface area contributed by atoms with Gasteiger partial charge >= 0.3 is 0 Å². The highest BCUT2D eigenvalue weighted by atomic mass is 127. The zero-order chi connectivity index (χ0) is 16.4. The van der Waals surface area contributed by atoms with Crippen molar-refractivity contribution in [2.24, 2.45) is 0 Å². The summed E-state index contributed by atoms with van der Waals surface area (Å²) in [5.41, 5.74) is 1.07. The summed E-state index contributed by atoms with van der Waals surface area (Å²) in [6.45, 7) is 4.18. The molecule has 1 aromatic rings. The Hall–Kier alpha value is -0.360. The van der Waals surface area contributed by atoms with Gasteiger partial charge in [-0.25, -0.2) is 8.42 Å². The van der Waals surface area contributed by atoms with E-state index in [1.807, 2.05) is 19.1 Å². The first-order valence-corrected chi connectivity index (χ1v) is 10.8. The second-order valence-corrected chi connectivity index (χ2v) is 8.98. The first kappa shape index (κ1) is 19.7. The third-order valence-electron chi connectivity index (χ3n) is 3.65. The van der Waals surface area contributed by atoms with E-state index in [1.165, 1.54) is 43.9 Å². The van der Waals surface area contributed by atoms with Gasteiger partial charge in [-0.15, -0.1) is 0 Å². The third-order valence-corrected chi connectivity index (χ3v) is 6.45. The number of unbranched alkanes of at least 4 members (excludes halogenated alkanes) is 6. The standard InChI is InChI=1S/C18H27IO2S/c1-3-4-5-6-7-8-9-10-17(19)15-22(20,21)18-13-11-16(2)12-14-18/h11-15H,3-10H2,1-2H3/b17-15+. The predicted octanol–water partition coefficient (Wildman–Crippen LogP) is 6.19. The fourth-order valence-electron chi connectivity index (χ4n) is 2.27. The monoisotopic (exact) mass is 434 g/mol. The van der Waals surface area contributed by atoms with Crippen LogP contribution in [0.4, 0.5) is 0 Å². The normalized spacial score (nSPS) is 12.6. The van der Waals surface area contributed by atoms with Gasteiger partial charge in [0.2, 0.25) is 9.84 Å². The largest absolute Gasteiger partial charge is 0.219 e. The molecule has 2 nitrogen and oxygen atoms in total. The zero-order valence-corrected chi connectivity index (χ0v) is 16.6. The Morgan fingerprint density at radius 1 is 1.00 bits per heavy atom. The topological polar surface area (TPSA) is 34.1 Å². The van der Waals surface area contributed by atoms with Crippen LogP contribution >= 0.6 is 22.6 Å². The Bertz CT molecular complexity index is 559. The molecule has 0 aliphatic carbocycles. The molecule has 4 heteroatoms. The van der Waals surface area contributed by atoms with E-state index in [0.29, 0.717) is 4.90 Å². The lowest BCUT2D eigenvalue weighted by Crippen LogP contribution is -1.97. The number of rotatable bonds is 10. The van der Waals surface area contributed by atoms with E-state index in [4.69, 9.17) is 0 Å². The summed E-state index contributed by atoms with van der Waals surface area (Å²) in [6, 6.07) is 7.03. The molecule has 0 spiro atoms. The minimum atomic E-state index is -3.30. The maximum atomic E-state index is 12.3. The molecule has 0 aromatic heterocycles. The fourth-order valence-corrected chi connectivity index (χ4v) is 4.77. The summed E-state index contributed by atoms with van der Waals surface area (Å²) in [7, 11) is -3.30. The molecule has 0 bridgehead atoms. The number of hydrogen-bond donors (Lipinski definition) is 0. The number of sulfone groups is 1. The van der Waals surface area contributed by atoms with Gasteiger partial charge in [0.15, 0.2) is 0 Å². The lowest BCUT2D eigenvalue weighted by atomic mass is 10.1. The molecule has 0 saturated carbocycles. The highest BCUT2D eigenvalue weighted by Gasteiger charge is 2.11. The second-order valence-electron chi connectivity index (χ2n) is 5.79. The van der Waals surface area contributed by atoms with Crippen LogP contribution in [0.1, 0.15) is 63.9 Å². The van der Waals surface area contributed by atoms with E-state index in [1.54, 1.807) is 12.1 Å². The molecule has 0 N–H and O–H groups in total. The maximum Gasteiger partial charge on any atom is 0.200 e. The number of allylic oxidation sites excluding steroid dienone is 1. The molecule has 0 saturated heterocycles. The van der Waals surface area contributed by atoms with Crippen LogP contribution in [-0.4, -0.2) is 8.42 Å². The predicted molar refractivity (Wildman–Crippen MR) is 103 cm³/mol. The van der Waals surface area contributed by atoms with Crippen LogP contribution in [0.5, 0.6) is 0 Å². The molecule has 0 aliphatic rings. The van der Waals surface area contributed by atoms with Gasteiger partial charge < -0.3 is 0 Å². The summed E-state index contributed by atoms with van der Waals surface area (Å²) in [5.74, 6) is 0. The van der Waals surface area contributed by atoms with Crippen LogP contribution in [0.15, 0.2) is 38.1 Å². The van der Waals surface area contributed by atoms with Gasteiger partial charge in [0.25, 0.3) is 0 Å². The van der Waals surface area contributed by atoms with Crippen LogP contribution in [0.2, 0.25) is 0 Å². The SMILES string of the molecule is CCCCCCCCC/C(I)=C\S(=O)(=O)c1ccc(C)cc1. The van der Waals surface area contributed by atoms with E-state index in [0.717, 1.165) is 22.0 Å². The van der Waals surface area contributed by atoms with Crippen LogP contribution in [0, 0.1) is 6.92 Å². The minimum absolute atomic E-state index is 0.381. The van der Waals surface area contributed by atoms with Gasteiger partial charge in [0.05, 0.1) is 4.90 Å². The summed E-state index contributed by atoms with van der Waals surface area (Å²) in [4.78, 5) is 0.381. The molecule has 124 valence electrons. The van der Waals surface area contributed by atoms with E-state index in [2.05, 4.69) is 29.5 Å². The number of hydrogen-bond acceptors (Lipinski definition) is 2. The summed E-state index contributed by atoms with van der Waals surface area (Å²) in [6.07, 6.45) is 9.61. The highest BCUT2D eigenvalue weighted by Crippen LogP contribution is 2.22. The van der Waals surface area contributed by atoms with Crippen molar-refractivity contribution in [1.29, 1.82) is 0 Å². The van der Waals surface area contributed by atoms with Gasteiger partial charge in [-0.05, 0) is 54.5 Å². The number of halogens is 1. The first-order chi connectivity index (χ1) is 10.5. The number of benzene rings is 1. The zero-order valence-electron chi connectivity index (χ0n) is 13.6. The second kappa shape index (κ2) is 10.4. The molecular formula is C18H27IO2S. The average Bonchev–Trinajstić information content (AvgIpc) is 2.46. The Morgan fingerprint density at radius 3 is 2.14 bits per heavy atom. The van der Waals surface area contributed by atoms with E-state index >= 15 is 0 Å². The molecule has 0 atom stereocenters. The Kier molecular flexibility index (Phi) is 9.33.